The Bertz CT molecular complexity index is 375. The van der Waals surface area contributed by atoms with Crippen molar-refractivity contribution in [1.82, 2.24) is 5.32 Å². The minimum absolute atomic E-state index is 0.412. The normalized spacial score (nSPS) is 14.9. The number of phenolic OH excluding ortho intramolecular Hbond substituents is 1. The fraction of sp³-hybridized carbons (Fsp3) is 0.600. The molecule has 0 radical (unpaired) electrons. The van der Waals surface area contributed by atoms with Gasteiger partial charge in [0.15, 0.2) is 0 Å². The molecule has 0 bridgehead atoms. The summed E-state index contributed by atoms with van der Waals surface area (Å²) in [5, 5.41) is 13.2. The topological polar surface area (TPSA) is 41.5 Å². The van der Waals surface area contributed by atoms with Gasteiger partial charge in [-0.1, -0.05) is 18.2 Å². The standard InChI is InChI=1S/C15H23NO2/c1-12-4-2-5-14(15(12)17)10-16-8-3-9-18-11-13-6-7-13/h2,4-5,13,16-17H,3,6-11H2,1H3. The summed E-state index contributed by atoms with van der Waals surface area (Å²) in [6, 6.07) is 5.86. The van der Waals surface area contributed by atoms with E-state index in [1.807, 2.05) is 25.1 Å². The van der Waals surface area contributed by atoms with Crippen molar-refractivity contribution in [3.05, 3.63) is 29.3 Å². The van der Waals surface area contributed by atoms with Crippen molar-refractivity contribution in [3.8, 4) is 5.75 Å². The highest BCUT2D eigenvalue weighted by Gasteiger charge is 2.20. The lowest BCUT2D eigenvalue weighted by Crippen LogP contribution is -2.16. The van der Waals surface area contributed by atoms with Crippen molar-refractivity contribution in [3.63, 3.8) is 0 Å². The number of aromatic hydroxyl groups is 1. The maximum Gasteiger partial charge on any atom is 0.122 e. The summed E-state index contributed by atoms with van der Waals surface area (Å²) in [5.41, 5.74) is 1.90. The molecule has 0 spiro atoms. The molecule has 0 unspecified atom stereocenters. The smallest absolute Gasteiger partial charge is 0.122 e. The van der Waals surface area contributed by atoms with E-state index in [4.69, 9.17) is 4.74 Å². The van der Waals surface area contributed by atoms with Gasteiger partial charge in [0.05, 0.1) is 0 Å². The number of phenols is 1. The lowest BCUT2D eigenvalue weighted by molar-refractivity contribution is 0.122. The summed E-state index contributed by atoms with van der Waals surface area (Å²) in [5.74, 6) is 1.26. The summed E-state index contributed by atoms with van der Waals surface area (Å²) in [7, 11) is 0. The number of ether oxygens (including phenoxy) is 1. The van der Waals surface area contributed by atoms with Crippen LogP contribution < -0.4 is 5.32 Å². The number of hydrogen-bond donors (Lipinski definition) is 2. The van der Waals surface area contributed by atoms with Crippen molar-refractivity contribution in [2.24, 2.45) is 5.92 Å². The highest BCUT2D eigenvalue weighted by atomic mass is 16.5. The van der Waals surface area contributed by atoms with Crippen LogP contribution in [-0.2, 0) is 11.3 Å². The molecular formula is C15H23NO2. The van der Waals surface area contributed by atoms with E-state index in [2.05, 4.69) is 5.32 Å². The summed E-state index contributed by atoms with van der Waals surface area (Å²) in [6.07, 6.45) is 3.73. The molecule has 2 N–H and O–H groups in total. The Labute approximate surface area is 109 Å². The minimum atomic E-state index is 0.412. The van der Waals surface area contributed by atoms with Gasteiger partial charge in [-0.15, -0.1) is 0 Å². The molecule has 0 amide bonds. The van der Waals surface area contributed by atoms with Gasteiger partial charge in [0, 0.05) is 25.3 Å². The summed E-state index contributed by atoms with van der Waals surface area (Å²) in [4.78, 5) is 0. The molecule has 0 aromatic heterocycles. The molecule has 1 saturated carbocycles. The van der Waals surface area contributed by atoms with Crippen LogP contribution in [0.5, 0.6) is 5.75 Å². The van der Waals surface area contributed by atoms with Crippen LogP contribution in [0.25, 0.3) is 0 Å². The Hall–Kier alpha value is -1.06. The van der Waals surface area contributed by atoms with Crippen LogP contribution in [0.1, 0.15) is 30.4 Å². The van der Waals surface area contributed by atoms with Crippen LogP contribution in [0.4, 0.5) is 0 Å². The second kappa shape index (κ2) is 6.76. The van der Waals surface area contributed by atoms with Crippen LogP contribution in [-0.4, -0.2) is 24.9 Å². The third-order valence-corrected chi connectivity index (χ3v) is 3.33. The van der Waals surface area contributed by atoms with Crippen molar-refractivity contribution in [2.45, 2.75) is 32.7 Å². The number of benzene rings is 1. The maximum absolute atomic E-state index is 9.84. The van der Waals surface area contributed by atoms with Gasteiger partial charge in [0.1, 0.15) is 5.75 Å². The van der Waals surface area contributed by atoms with Gasteiger partial charge in [0.2, 0.25) is 0 Å². The zero-order valence-electron chi connectivity index (χ0n) is 11.1. The molecule has 1 aromatic carbocycles. The Kier molecular flexibility index (Phi) is 5.02. The van der Waals surface area contributed by atoms with E-state index in [1.165, 1.54) is 12.8 Å². The van der Waals surface area contributed by atoms with Crippen molar-refractivity contribution in [1.29, 1.82) is 0 Å². The van der Waals surface area contributed by atoms with E-state index < -0.39 is 0 Å². The molecule has 1 aliphatic rings. The first-order chi connectivity index (χ1) is 8.77. The lowest BCUT2D eigenvalue weighted by Gasteiger charge is -2.08. The van der Waals surface area contributed by atoms with Crippen LogP contribution in [0, 0.1) is 12.8 Å². The van der Waals surface area contributed by atoms with E-state index in [1.54, 1.807) is 0 Å². The molecule has 0 aliphatic heterocycles. The Morgan fingerprint density at radius 3 is 3.00 bits per heavy atom. The second-order valence-electron chi connectivity index (χ2n) is 5.13. The molecular weight excluding hydrogens is 226 g/mol. The van der Waals surface area contributed by atoms with E-state index in [9.17, 15) is 5.11 Å². The predicted octanol–water partition coefficient (Wildman–Crippen LogP) is 2.61. The molecule has 1 aliphatic carbocycles. The van der Waals surface area contributed by atoms with Gasteiger partial charge in [-0.25, -0.2) is 0 Å². The highest BCUT2D eigenvalue weighted by molar-refractivity contribution is 5.39. The van der Waals surface area contributed by atoms with Gasteiger partial charge in [-0.05, 0) is 44.2 Å². The van der Waals surface area contributed by atoms with Crippen LogP contribution in [0.2, 0.25) is 0 Å². The molecule has 2 rings (SSSR count). The molecule has 3 nitrogen and oxygen atoms in total. The first kappa shape index (κ1) is 13.4. The number of nitrogens with one attached hydrogen (secondary N) is 1. The quantitative estimate of drug-likeness (QED) is 0.696. The van der Waals surface area contributed by atoms with E-state index in [-0.39, 0.29) is 0 Å². The number of rotatable bonds is 8. The third-order valence-electron chi connectivity index (χ3n) is 3.33. The van der Waals surface area contributed by atoms with Gasteiger partial charge in [-0.2, -0.15) is 0 Å². The fourth-order valence-corrected chi connectivity index (χ4v) is 1.92. The number of hydrogen-bond acceptors (Lipinski definition) is 3. The van der Waals surface area contributed by atoms with Gasteiger partial charge in [-0.3, -0.25) is 0 Å². The van der Waals surface area contributed by atoms with Gasteiger partial charge in [0.25, 0.3) is 0 Å². The van der Waals surface area contributed by atoms with E-state index >= 15 is 0 Å². The summed E-state index contributed by atoms with van der Waals surface area (Å²) in [6.45, 7) is 5.35. The highest BCUT2D eigenvalue weighted by Crippen LogP contribution is 2.28. The lowest BCUT2D eigenvalue weighted by atomic mass is 10.1. The molecule has 0 heterocycles. The molecule has 18 heavy (non-hydrogen) atoms. The molecule has 3 heteroatoms. The number of para-hydroxylation sites is 1. The molecule has 100 valence electrons. The van der Waals surface area contributed by atoms with Crippen LogP contribution in [0.3, 0.4) is 0 Å². The zero-order valence-corrected chi connectivity index (χ0v) is 11.1. The monoisotopic (exact) mass is 249 g/mol. The van der Waals surface area contributed by atoms with Crippen molar-refractivity contribution >= 4 is 0 Å². The first-order valence-electron chi connectivity index (χ1n) is 6.83. The fourth-order valence-electron chi connectivity index (χ4n) is 1.92. The van der Waals surface area contributed by atoms with Crippen molar-refractivity contribution < 1.29 is 9.84 Å². The average Bonchev–Trinajstić information content (AvgIpc) is 3.17. The average molecular weight is 249 g/mol. The molecule has 0 atom stereocenters. The first-order valence-corrected chi connectivity index (χ1v) is 6.83. The number of aryl methyl sites for hydroxylation is 1. The Morgan fingerprint density at radius 1 is 1.39 bits per heavy atom. The van der Waals surface area contributed by atoms with Gasteiger partial charge >= 0.3 is 0 Å². The van der Waals surface area contributed by atoms with E-state index in [0.717, 1.165) is 49.8 Å². The van der Waals surface area contributed by atoms with Gasteiger partial charge < -0.3 is 15.2 Å². The molecule has 1 fully saturated rings. The predicted molar refractivity (Wildman–Crippen MR) is 72.7 cm³/mol. The largest absolute Gasteiger partial charge is 0.507 e. The van der Waals surface area contributed by atoms with E-state index in [0.29, 0.717) is 5.75 Å². The SMILES string of the molecule is Cc1cccc(CNCCCOCC2CC2)c1O. The van der Waals surface area contributed by atoms with Crippen molar-refractivity contribution in [2.75, 3.05) is 19.8 Å². The summed E-state index contributed by atoms with van der Waals surface area (Å²) >= 11 is 0. The third kappa shape index (κ3) is 4.31. The molecule has 0 saturated heterocycles. The zero-order chi connectivity index (χ0) is 12.8. The maximum atomic E-state index is 9.84. The summed E-state index contributed by atoms with van der Waals surface area (Å²) < 4.78 is 5.56. The van der Waals surface area contributed by atoms with Crippen LogP contribution >= 0.6 is 0 Å². The Balaban J connectivity index is 1.55. The Morgan fingerprint density at radius 2 is 2.22 bits per heavy atom. The molecule has 1 aromatic rings. The second-order valence-corrected chi connectivity index (χ2v) is 5.13. The van der Waals surface area contributed by atoms with Crippen LogP contribution in [0.15, 0.2) is 18.2 Å². The minimum Gasteiger partial charge on any atom is -0.507 e.